The summed E-state index contributed by atoms with van der Waals surface area (Å²) in [4.78, 5) is 3.96. The average Bonchev–Trinajstić information content (AvgIpc) is 2.84. The van der Waals surface area contributed by atoms with E-state index in [4.69, 9.17) is 22.1 Å². The van der Waals surface area contributed by atoms with Crippen molar-refractivity contribution in [3.8, 4) is 5.75 Å². The van der Waals surface area contributed by atoms with Gasteiger partial charge in [0.05, 0.1) is 17.9 Å². The molecule has 0 saturated carbocycles. The fourth-order valence-corrected chi connectivity index (χ4v) is 1.84. The first-order valence-electron chi connectivity index (χ1n) is 5.80. The number of hydrogen-bond acceptors (Lipinski definition) is 3. The van der Waals surface area contributed by atoms with Crippen molar-refractivity contribution < 1.29 is 4.74 Å². The lowest BCUT2D eigenvalue weighted by Crippen LogP contribution is -2.08. The lowest BCUT2D eigenvalue weighted by atomic mass is 10.1. The second-order valence-electron chi connectivity index (χ2n) is 4.13. The van der Waals surface area contributed by atoms with Gasteiger partial charge in [-0.1, -0.05) is 17.7 Å². The van der Waals surface area contributed by atoms with Crippen LogP contribution in [-0.4, -0.2) is 16.2 Å². The average molecular weight is 266 g/mol. The van der Waals surface area contributed by atoms with Crippen LogP contribution in [0, 0.1) is 0 Å². The van der Waals surface area contributed by atoms with Crippen molar-refractivity contribution in [3.63, 3.8) is 0 Å². The summed E-state index contributed by atoms with van der Waals surface area (Å²) in [5.41, 5.74) is 6.79. The largest absolute Gasteiger partial charge is 0.490 e. The van der Waals surface area contributed by atoms with Crippen molar-refractivity contribution in [2.45, 2.75) is 19.5 Å². The molecule has 0 saturated heterocycles. The standard InChI is InChI=1S/C13H16ClN3O/c1-10(15)11-2-3-13(12(14)8-11)18-7-6-17-5-4-16-9-17/h2-5,8-10H,6-7,15H2,1H3/t10-/m1/s1. The van der Waals surface area contributed by atoms with Crippen LogP contribution in [0.5, 0.6) is 5.75 Å². The van der Waals surface area contributed by atoms with Crippen LogP contribution < -0.4 is 10.5 Å². The molecule has 96 valence electrons. The number of benzene rings is 1. The summed E-state index contributed by atoms with van der Waals surface area (Å²) in [6.07, 6.45) is 5.39. The normalized spacial score (nSPS) is 12.4. The molecule has 0 spiro atoms. The Morgan fingerprint density at radius 2 is 2.33 bits per heavy atom. The van der Waals surface area contributed by atoms with Crippen molar-refractivity contribution in [1.29, 1.82) is 0 Å². The second-order valence-corrected chi connectivity index (χ2v) is 4.53. The number of ether oxygens (including phenoxy) is 1. The highest BCUT2D eigenvalue weighted by molar-refractivity contribution is 6.32. The smallest absolute Gasteiger partial charge is 0.137 e. The highest BCUT2D eigenvalue weighted by Crippen LogP contribution is 2.27. The van der Waals surface area contributed by atoms with E-state index in [9.17, 15) is 0 Å². The Bertz CT molecular complexity index is 497. The third-order valence-corrected chi connectivity index (χ3v) is 2.94. The van der Waals surface area contributed by atoms with E-state index in [2.05, 4.69) is 4.98 Å². The van der Waals surface area contributed by atoms with Crippen LogP contribution in [0.15, 0.2) is 36.9 Å². The molecule has 2 N–H and O–H groups in total. The third kappa shape index (κ3) is 3.24. The molecule has 0 radical (unpaired) electrons. The number of nitrogens with two attached hydrogens (primary N) is 1. The molecular weight excluding hydrogens is 250 g/mol. The lowest BCUT2D eigenvalue weighted by Gasteiger charge is -2.11. The predicted octanol–water partition coefficient (Wildman–Crippen LogP) is 2.64. The quantitative estimate of drug-likeness (QED) is 0.904. The number of halogens is 1. The molecule has 4 nitrogen and oxygen atoms in total. The molecule has 0 amide bonds. The topological polar surface area (TPSA) is 53.1 Å². The van der Waals surface area contributed by atoms with Crippen LogP contribution in [0.4, 0.5) is 0 Å². The number of hydrogen-bond donors (Lipinski definition) is 1. The van der Waals surface area contributed by atoms with Gasteiger partial charge in [-0.25, -0.2) is 4.98 Å². The molecule has 0 aliphatic heterocycles. The van der Waals surface area contributed by atoms with Gasteiger partial charge in [-0.05, 0) is 24.6 Å². The predicted molar refractivity (Wildman–Crippen MR) is 71.8 cm³/mol. The summed E-state index contributed by atoms with van der Waals surface area (Å²) in [7, 11) is 0. The van der Waals surface area contributed by atoms with E-state index in [1.54, 1.807) is 12.5 Å². The van der Waals surface area contributed by atoms with E-state index >= 15 is 0 Å². The Hall–Kier alpha value is -1.52. The molecule has 1 aromatic carbocycles. The molecule has 5 heteroatoms. The van der Waals surface area contributed by atoms with Gasteiger partial charge in [-0.2, -0.15) is 0 Å². The molecule has 0 aliphatic rings. The van der Waals surface area contributed by atoms with E-state index in [1.165, 1.54) is 0 Å². The van der Waals surface area contributed by atoms with Crippen LogP contribution in [0.1, 0.15) is 18.5 Å². The summed E-state index contributed by atoms with van der Waals surface area (Å²) in [6, 6.07) is 5.61. The van der Waals surface area contributed by atoms with Gasteiger partial charge in [0, 0.05) is 18.4 Å². The van der Waals surface area contributed by atoms with Gasteiger partial charge >= 0.3 is 0 Å². The van der Waals surface area contributed by atoms with Gasteiger partial charge in [0.1, 0.15) is 12.4 Å². The highest BCUT2D eigenvalue weighted by Gasteiger charge is 2.05. The maximum absolute atomic E-state index is 6.13. The minimum absolute atomic E-state index is 0.0255. The van der Waals surface area contributed by atoms with E-state index in [-0.39, 0.29) is 6.04 Å². The van der Waals surface area contributed by atoms with Gasteiger partial charge in [0.15, 0.2) is 0 Å². The Morgan fingerprint density at radius 3 is 2.94 bits per heavy atom. The van der Waals surface area contributed by atoms with Gasteiger partial charge < -0.3 is 15.0 Å². The van der Waals surface area contributed by atoms with Crippen molar-refractivity contribution >= 4 is 11.6 Å². The molecule has 0 fully saturated rings. The Morgan fingerprint density at radius 1 is 1.50 bits per heavy atom. The van der Waals surface area contributed by atoms with Crippen LogP contribution >= 0.6 is 11.6 Å². The minimum Gasteiger partial charge on any atom is -0.490 e. The van der Waals surface area contributed by atoms with Gasteiger partial charge in [-0.15, -0.1) is 0 Å². The Kier molecular flexibility index (Phi) is 4.23. The molecule has 1 aromatic heterocycles. The molecule has 18 heavy (non-hydrogen) atoms. The molecule has 1 heterocycles. The number of aromatic nitrogens is 2. The van der Waals surface area contributed by atoms with Gasteiger partial charge in [0.25, 0.3) is 0 Å². The second kappa shape index (κ2) is 5.89. The van der Waals surface area contributed by atoms with Gasteiger partial charge in [0.2, 0.25) is 0 Å². The highest BCUT2D eigenvalue weighted by atomic mass is 35.5. The zero-order chi connectivity index (χ0) is 13.0. The van der Waals surface area contributed by atoms with Crippen molar-refractivity contribution in [3.05, 3.63) is 47.5 Å². The Balaban J connectivity index is 1.93. The maximum Gasteiger partial charge on any atom is 0.137 e. The first kappa shape index (κ1) is 12.9. The number of rotatable bonds is 5. The summed E-state index contributed by atoms with van der Waals surface area (Å²) >= 11 is 6.13. The number of nitrogens with zero attached hydrogens (tertiary/aromatic N) is 2. The maximum atomic E-state index is 6.13. The minimum atomic E-state index is -0.0255. The van der Waals surface area contributed by atoms with Crippen molar-refractivity contribution in [2.75, 3.05) is 6.61 Å². The van der Waals surface area contributed by atoms with Crippen LogP contribution in [0.25, 0.3) is 0 Å². The van der Waals surface area contributed by atoms with Crippen LogP contribution in [0.3, 0.4) is 0 Å². The van der Waals surface area contributed by atoms with E-state index in [0.717, 1.165) is 12.1 Å². The van der Waals surface area contributed by atoms with Crippen LogP contribution in [-0.2, 0) is 6.54 Å². The van der Waals surface area contributed by atoms with E-state index in [1.807, 2.05) is 35.9 Å². The molecule has 0 unspecified atom stereocenters. The fourth-order valence-electron chi connectivity index (χ4n) is 1.60. The molecular formula is C13H16ClN3O. The first-order valence-corrected chi connectivity index (χ1v) is 6.18. The molecule has 0 bridgehead atoms. The number of imidazole rings is 1. The third-order valence-electron chi connectivity index (χ3n) is 2.65. The van der Waals surface area contributed by atoms with Gasteiger partial charge in [-0.3, -0.25) is 0 Å². The summed E-state index contributed by atoms with van der Waals surface area (Å²) < 4.78 is 7.57. The van der Waals surface area contributed by atoms with E-state index < -0.39 is 0 Å². The summed E-state index contributed by atoms with van der Waals surface area (Å²) in [5, 5.41) is 0.593. The van der Waals surface area contributed by atoms with E-state index in [0.29, 0.717) is 17.4 Å². The van der Waals surface area contributed by atoms with Crippen molar-refractivity contribution in [1.82, 2.24) is 9.55 Å². The monoisotopic (exact) mass is 265 g/mol. The first-order chi connectivity index (χ1) is 8.66. The lowest BCUT2D eigenvalue weighted by molar-refractivity contribution is 0.298. The summed E-state index contributed by atoms with van der Waals surface area (Å²) in [6.45, 7) is 3.21. The zero-order valence-corrected chi connectivity index (χ0v) is 11.0. The SMILES string of the molecule is C[C@@H](N)c1ccc(OCCn2ccnc2)c(Cl)c1. The molecule has 2 aromatic rings. The fraction of sp³-hybridized carbons (Fsp3) is 0.308. The summed E-state index contributed by atoms with van der Waals surface area (Å²) in [5.74, 6) is 0.682. The molecule has 0 aliphatic carbocycles. The molecule has 2 rings (SSSR count). The molecule has 1 atom stereocenters. The van der Waals surface area contributed by atoms with Crippen molar-refractivity contribution in [2.24, 2.45) is 5.73 Å². The zero-order valence-electron chi connectivity index (χ0n) is 10.2. The Labute approximate surface area is 111 Å². The van der Waals surface area contributed by atoms with Crippen LogP contribution in [0.2, 0.25) is 5.02 Å².